The number of nitrogens with zero attached hydrogens (tertiary/aromatic N) is 4. The van der Waals surface area contributed by atoms with Gasteiger partial charge >= 0.3 is 0 Å². The number of aryl methyl sites for hydroxylation is 1. The Bertz CT molecular complexity index is 1590. The van der Waals surface area contributed by atoms with Crippen molar-refractivity contribution in [3.05, 3.63) is 94.6 Å². The van der Waals surface area contributed by atoms with Crippen LogP contribution < -0.4 is 20.3 Å². The van der Waals surface area contributed by atoms with Crippen molar-refractivity contribution in [2.75, 3.05) is 48.8 Å². The fraction of sp³-hybridized carbons (Fsp3) is 0.267. The van der Waals surface area contributed by atoms with E-state index in [0.29, 0.717) is 17.5 Å². The maximum Gasteiger partial charge on any atom is 0.241 e. The summed E-state index contributed by atoms with van der Waals surface area (Å²) in [5.41, 5.74) is 4.39. The molecule has 41 heavy (non-hydrogen) atoms. The number of piperazine rings is 1. The van der Waals surface area contributed by atoms with Gasteiger partial charge in [0.25, 0.3) is 0 Å². The zero-order valence-corrected chi connectivity index (χ0v) is 25.7. The maximum atomic E-state index is 13.2. The smallest absolute Gasteiger partial charge is 0.241 e. The topological polar surface area (TPSA) is 102 Å². The lowest BCUT2D eigenvalue weighted by Gasteiger charge is -2.34. The summed E-state index contributed by atoms with van der Waals surface area (Å²) >= 11 is 3.41. The summed E-state index contributed by atoms with van der Waals surface area (Å²) in [4.78, 5) is 14.0. The second kappa shape index (κ2) is 12.6. The highest BCUT2D eigenvalue weighted by Gasteiger charge is 2.19. The van der Waals surface area contributed by atoms with Crippen LogP contribution in [0.3, 0.4) is 0 Å². The second-order valence-electron chi connectivity index (χ2n) is 10.2. The highest BCUT2D eigenvalue weighted by atomic mass is 79.9. The molecule has 4 aromatic rings. The largest absolute Gasteiger partial charge is 0.369 e. The molecule has 0 saturated carbocycles. The van der Waals surface area contributed by atoms with Gasteiger partial charge in [0.05, 0.1) is 4.90 Å². The Kier molecular flexibility index (Phi) is 8.88. The SMILES string of the molecule is Cc1cnc(Nc2ccc(N3CCN(C)CC3)cc2)nc1Nc1cccc(S(=O)(=O)NC(C)c2ccc(Br)cc2)c1. The van der Waals surface area contributed by atoms with Crippen LogP contribution >= 0.6 is 15.9 Å². The number of anilines is 5. The lowest BCUT2D eigenvalue weighted by molar-refractivity contribution is 0.313. The molecule has 0 amide bonds. The molecule has 9 nitrogen and oxygen atoms in total. The Labute approximate surface area is 250 Å². The Morgan fingerprint density at radius 2 is 1.61 bits per heavy atom. The van der Waals surface area contributed by atoms with E-state index >= 15 is 0 Å². The lowest BCUT2D eigenvalue weighted by Crippen LogP contribution is -2.44. The van der Waals surface area contributed by atoms with E-state index < -0.39 is 16.1 Å². The number of hydrogen-bond acceptors (Lipinski definition) is 8. The Balaban J connectivity index is 1.26. The van der Waals surface area contributed by atoms with Crippen LogP contribution in [0.4, 0.5) is 28.8 Å². The molecule has 5 rings (SSSR count). The fourth-order valence-corrected chi connectivity index (χ4v) is 6.12. The summed E-state index contributed by atoms with van der Waals surface area (Å²) in [5, 5.41) is 6.53. The zero-order chi connectivity index (χ0) is 29.0. The minimum Gasteiger partial charge on any atom is -0.369 e. The first kappa shape index (κ1) is 29.0. The van der Waals surface area contributed by atoms with Gasteiger partial charge in [0, 0.05) is 65.5 Å². The number of aromatic nitrogens is 2. The summed E-state index contributed by atoms with van der Waals surface area (Å²) in [6, 6.07) is 22.1. The summed E-state index contributed by atoms with van der Waals surface area (Å²) < 4.78 is 30.0. The van der Waals surface area contributed by atoms with Gasteiger partial charge in [0.15, 0.2) is 0 Å². The molecule has 1 atom stereocenters. The van der Waals surface area contributed by atoms with Crippen LogP contribution in [0.5, 0.6) is 0 Å². The third-order valence-electron chi connectivity index (χ3n) is 7.07. The molecule has 0 bridgehead atoms. The lowest BCUT2D eigenvalue weighted by atomic mass is 10.1. The number of rotatable bonds is 9. The van der Waals surface area contributed by atoms with Crippen LogP contribution in [0.1, 0.15) is 24.1 Å². The molecule has 1 aliphatic heterocycles. The summed E-state index contributed by atoms with van der Waals surface area (Å²) in [6.07, 6.45) is 1.73. The number of likely N-dealkylation sites (N-methyl/N-ethyl adjacent to an activating group) is 1. The molecule has 1 aromatic heterocycles. The molecule has 3 aromatic carbocycles. The molecule has 1 fully saturated rings. The van der Waals surface area contributed by atoms with E-state index in [4.69, 9.17) is 0 Å². The van der Waals surface area contributed by atoms with Gasteiger partial charge in [-0.05, 0) is 81.1 Å². The monoisotopic (exact) mass is 635 g/mol. The van der Waals surface area contributed by atoms with Crippen LogP contribution in [0, 0.1) is 6.92 Å². The van der Waals surface area contributed by atoms with Crippen molar-refractivity contribution in [3.63, 3.8) is 0 Å². The van der Waals surface area contributed by atoms with Crippen LogP contribution in [0.25, 0.3) is 0 Å². The van der Waals surface area contributed by atoms with Crippen LogP contribution in [-0.4, -0.2) is 56.5 Å². The van der Waals surface area contributed by atoms with Gasteiger partial charge in [-0.25, -0.2) is 18.1 Å². The number of hydrogen-bond donors (Lipinski definition) is 3. The average Bonchev–Trinajstić information content (AvgIpc) is 2.96. The molecule has 2 heterocycles. The van der Waals surface area contributed by atoms with Gasteiger partial charge < -0.3 is 20.4 Å². The normalized spacial score (nSPS) is 15.0. The van der Waals surface area contributed by atoms with E-state index in [1.807, 2.05) is 56.3 Å². The average molecular weight is 637 g/mol. The zero-order valence-electron chi connectivity index (χ0n) is 23.3. The second-order valence-corrected chi connectivity index (χ2v) is 12.9. The quantitative estimate of drug-likeness (QED) is 0.211. The van der Waals surface area contributed by atoms with E-state index in [2.05, 4.69) is 70.2 Å². The fourth-order valence-electron chi connectivity index (χ4n) is 4.58. The van der Waals surface area contributed by atoms with Crippen LogP contribution in [-0.2, 0) is 10.0 Å². The highest BCUT2D eigenvalue weighted by molar-refractivity contribution is 9.10. The maximum absolute atomic E-state index is 13.2. The van der Waals surface area contributed by atoms with E-state index in [-0.39, 0.29) is 4.90 Å². The molecule has 1 saturated heterocycles. The molecule has 3 N–H and O–H groups in total. The molecular formula is C30H34BrN7O2S. The van der Waals surface area contributed by atoms with Crippen molar-refractivity contribution >= 4 is 54.8 Å². The number of nitrogens with one attached hydrogen (secondary N) is 3. The minimum atomic E-state index is -3.76. The standard InChI is InChI=1S/C30H34BrN7O2S/c1-21-20-32-30(34-25-11-13-27(14-12-25)38-17-15-37(3)16-18-38)35-29(21)33-26-5-4-6-28(19-26)41(39,40)36-22(2)23-7-9-24(31)10-8-23/h4-14,19-20,22,36H,15-18H2,1-3H3,(H2,32,33,34,35). The van der Waals surface area contributed by atoms with Gasteiger partial charge in [0.1, 0.15) is 5.82 Å². The molecule has 1 aliphatic rings. The van der Waals surface area contributed by atoms with Crippen molar-refractivity contribution in [2.24, 2.45) is 0 Å². The molecule has 214 valence electrons. The number of sulfonamides is 1. The van der Waals surface area contributed by atoms with Gasteiger partial charge in [-0.2, -0.15) is 4.98 Å². The highest BCUT2D eigenvalue weighted by Crippen LogP contribution is 2.26. The third-order valence-corrected chi connectivity index (χ3v) is 9.14. The minimum absolute atomic E-state index is 0.164. The summed E-state index contributed by atoms with van der Waals surface area (Å²) in [5.74, 6) is 1.03. The molecule has 0 spiro atoms. The molecular weight excluding hydrogens is 602 g/mol. The van der Waals surface area contributed by atoms with E-state index in [0.717, 1.165) is 47.5 Å². The molecule has 0 radical (unpaired) electrons. The number of halogens is 1. The third kappa shape index (κ3) is 7.42. The Hall–Kier alpha value is -3.51. The molecule has 1 unspecified atom stereocenters. The van der Waals surface area contributed by atoms with E-state index in [1.54, 1.807) is 24.4 Å². The van der Waals surface area contributed by atoms with Crippen molar-refractivity contribution < 1.29 is 8.42 Å². The predicted octanol–water partition coefficient (Wildman–Crippen LogP) is 5.83. The molecule has 11 heteroatoms. The van der Waals surface area contributed by atoms with Gasteiger partial charge in [-0.3, -0.25) is 0 Å². The van der Waals surface area contributed by atoms with Crippen LogP contribution in [0.15, 0.2) is 88.4 Å². The van der Waals surface area contributed by atoms with Crippen molar-refractivity contribution in [1.29, 1.82) is 0 Å². The van der Waals surface area contributed by atoms with Crippen molar-refractivity contribution in [3.8, 4) is 0 Å². The van der Waals surface area contributed by atoms with Gasteiger partial charge in [-0.1, -0.05) is 34.1 Å². The van der Waals surface area contributed by atoms with E-state index in [9.17, 15) is 8.42 Å². The summed E-state index contributed by atoms with van der Waals surface area (Å²) in [6.45, 7) is 7.87. The first-order valence-corrected chi connectivity index (χ1v) is 15.7. The summed E-state index contributed by atoms with van der Waals surface area (Å²) in [7, 11) is -1.61. The number of benzene rings is 3. The predicted molar refractivity (Wildman–Crippen MR) is 169 cm³/mol. The first-order valence-electron chi connectivity index (χ1n) is 13.5. The Morgan fingerprint density at radius 1 is 0.902 bits per heavy atom. The first-order chi connectivity index (χ1) is 19.7. The van der Waals surface area contributed by atoms with Crippen molar-refractivity contribution in [1.82, 2.24) is 19.6 Å². The van der Waals surface area contributed by atoms with Crippen molar-refractivity contribution in [2.45, 2.75) is 24.8 Å². The van der Waals surface area contributed by atoms with Gasteiger partial charge in [0.2, 0.25) is 16.0 Å². The van der Waals surface area contributed by atoms with Crippen LogP contribution in [0.2, 0.25) is 0 Å². The van der Waals surface area contributed by atoms with E-state index in [1.165, 1.54) is 5.69 Å². The van der Waals surface area contributed by atoms with Gasteiger partial charge in [-0.15, -0.1) is 0 Å². The Morgan fingerprint density at radius 3 is 2.32 bits per heavy atom. The molecule has 0 aliphatic carbocycles.